The molecule has 0 spiro atoms. The number of carbonyl (C=O) groups is 1. The first-order valence-electron chi connectivity index (χ1n) is 9.45. The molecule has 4 rings (SSSR count). The zero-order valence-electron chi connectivity index (χ0n) is 17.1. The molecule has 0 radical (unpaired) electrons. The SMILES string of the molecule is C[C@@H]1Oc2ccccc2O[C@@H]1C(=O)Nc1nc(-c2ccc(N(C)S(C)(=O)=O)cc2)cs1. The van der Waals surface area contributed by atoms with Gasteiger partial charge in [-0.25, -0.2) is 13.4 Å². The first-order valence-corrected chi connectivity index (χ1v) is 12.2. The minimum absolute atomic E-state index is 0.340. The summed E-state index contributed by atoms with van der Waals surface area (Å²) < 4.78 is 36.1. The molecule has 0 saturated carbocycles. The van der Waals surface area contributed by atoms with Crippen LogP contribution in [0, 0.1) is 0 Å². The van der Waals surface area contributed by atoms with Crippen LogP contribution < -0.4 is 19.1 Å². The van der Waals surface area contributed by atoms with Crippen LogP contribution in [0.5, 0.6) is 11.5 Å². The van der Waals surface area contributed by atoms with E-state index in [0.29, 0.717) is 28.0 Å². The fraction of sp³-hybridized carbons (Fsp3) is 0.238. The van der Waals surface area contributed by atoms with Gasteiger partial charge < -0.3 is 9.47 Å². The van der Waals surface area contributed by atoms with Crippen molar-refractivity contribution in [2.24, 2.45) is 0 Å². The van der Waals surface area contributed by atoms with E-state index in [9.17, 15) is 13.2 Å². The van der Waals surface area contributed by atoms with E-state index in [1.165, 1.54) is 22.7 Å². The second-order valence-corrected chi connectivity index (χ2v) is 9.98. The molecule has 31 heavy (non-hydrogen) atoms. The summed E-state index contributed by atoms with van der Waals surface area (Å²) in [7, 11) is -1.83. The van der Waals surface area contributed by atoms with Gasteiger partial charge in [0.25, 0.3) is 5.91 Å². The molecule has 2 aromatic carbocycles. The monoisotopic (exact) mass is 459 g/mol. The average Bonchev–Trinajstić information content (AvgIpc) is 3.20. The number of ether oxygens (including phenoxy) is 2. The van der Waals surface area contributed by atoms with Gasteiger partial charge in [0, 0.05) is 18.0 Å². The van der Waals surface area contributed by atoms with Gasteiger partial charge in [-0.05, 0) is 31.2 Å². The van der Waals surface area contributed by atoms with Crippen molar-refractivity contribution in [3.8, 4) is 22.8 Å². The molecule has 2 atom stereocenters. The summed E-state index contributed by atoms with van der Waals surface area (Å²) in [5, 5.41) is 5.05. The Kier molecular flexibility index (Phi) is 5.59. The van der Waals surface area contributed by atoms with Gasteiger partial charge in [-0.15, -0.1) is 11.3 Å². The van der Waals surface area contributed by atoms with Gasteiger partial charge in [-0.3, -0.25) is 14.4 Å². The maximum atomic E-state index is 12.7. The van der Waals surface area contributed by atoms with Crippen molar-refractivity contribution in [2.75, 3.05) is 22.9 Å². The summed E-state index contributed by atoms with van der Waals surface area (Å²) in [4.78, 5) is 17.2. The standard InChI is InChI=1S/C21H21N3O5S2/c1-13-19(29-18-7-5-4-6-17(18)28-13)20(25)23-21-22-16(12-30-21)14-8-10-15(11-9-14)24(2)31(3,26)27/h4-13,19H,1-3H3,(H,22,23,25)/t13-,19-/m0/s1. The van der Waals surface area contributed by atoms with E-state index in [1.807, 2.05) is 17.5 Å². The molecular formula is C21H21N3O5S2. The Balaban J connectivity index is 1.45. The topological polar surface area (TPSA) is 97.8 Å². The predicted octanol–water partition coefficient (Wildman–Crippen LogP) is 3.37. The van der Waals surface area contributed by atoms with Crippen LogP contribution >= 0.6 is 11.3 Å². The fourth-order valence-corrected chi connectivity index (χ4v) is 4.31. The van der Waals surface area contributed by atoms with Gasteiger partial charge in [0.15, 0.2) is 16.6 Å². The minimum Gasteiger partial charge on any atom is -0.482 e. The molecule has 8 nitrogen and oxygen atoms in total. The number of aromatic nitrogens is 1. The van der Waals surface area contributed by atoms with Crippen molar-refractivity contribution in [3.05, 3.63) is 53.9 Å². The molecule has 0 saturated heterocycles. The second-order valence-electron chi connectivity index (χ2n) is 7.11. The Morgan fingerprint density at radius 3 is 2.39 bits per heavy atom. The summed E-state index contributed by atoms with van der Waals surface area (Å²) in [5.74, 6) is 0.799. The highest BCUT2D eigenvalue weighted by atomic mass is 32.2. The molecule has 0 unspecified atom stereocenters. The smallest absolute Gasteiger partial charge is 0.271 e. The van der Waals surface area contributed by atoms with Crippen molar-refractivity contribution in [3.63, 3.8) is 0 Å². The number of nitrogens with zero attached hydrogens (tertiary/aromatic N) is 2. The molecule has 10 heteroatoms. The van der Waals surface area contributed by atoms with Crippen molar-refractivity contribution in [2.45, 2.75) is 19.1 Å². The van der Waals surface area contributed by atoms with E-state index < -0.39 is 22.2 Å². The molecule has 3 aromatic rings. The van der Waals surface area contributed by atoms with Crippen molar-refractivity contribution < 1.29 is 22.7 Å². The number of para-hydroxylation sites is 2. The number of rotatable bonds is 5. The number of fused-ring (bicyclic) bond motifs is 1. The third-order valence-electron chi connectivity index (χ3n) is 4.86. The van der Waals surface area contributed by atoms with Gasteiger partial charge in [-0.2, -0.15) is 0 Å². The first-order chi connectivity index (χ1) is 14.7. The van der Waals surface area contributed by atoms with E-state index in [0.717, 1.165) is 11.8 Å². The zero-order chi connectivity index (χ0) is 22.2. The number of hydrogen-bond donors (Lipinski definition) is 1. The van der Waals surface area contributed by atoms with Crippen molar-refractivity contribution >= 4 is 38.1 Å². The second kappa shape index (κ2) is 8.20. The molecule has 162 valence electrons. The molecule has 2 heterocycles. The Bertz CT molecular complexity index is 1210. The number of hydrogen-bond acceptors (Lipinski definition) is 7. The largest absolute Gasteiger partial charge is 0.482 e. The summed E-state index contributed by atoms with van der Waals surface area (Å²) in [6, 6.07) is 14.2. The predicted molar refractivity (Wildman–Crippen MR) is 120 cm³/mol. The van der Waals surface area contributed by atoms with E-state index in [-0.39, 0.29) is 5.91 Å². The highest BCUT2D eigenvalue weighted by Crippen LogP contribution is 2.34. The van der Waals surface area contributed by atoms with E-state index >= 15 is 0 Å². The minimum atomic E-state index is -3.33. The number of sulfonamides is 1. The number of amides is 1. The molecule has 1 amide bonds. The normalized spacial score (nSPS) is 17.8. The van der Waals surface area contributed by atoms with E-state index in [1.54, 1.807) is 43.3 Å². The molecule has 0 fully saturated rings. The van der Waals surface area contributed by atoms with Crippen LogP contribution in [0.4, 0.5) is 10.8 Å². The van der Waals surface area contributed by atoms with Gasteiger partial charge >= 0.3 is 0 Å². The Morgan fingerprint density at radius 1 is 1.10 bits per heavy atom. The van der Waals surface area contributed by atoms with Crippen molar-refractivity contribution in [1.29, 1.82) is 0 Å². The number of thiazole rings is 1. The van der Waals surface area contributed by atoms with Gasteiger partial charge in [-0.1, -0.05) is 24.3 Å². The molecule has 0 aliphatic carbocycles. The lowest BCUT2D eigenvalue weighted by Crippen LogP contribution is -2.46. The first kappa shape index (κ1) is 21.1. The average molecular weight is 460 g/mol. The van der Waals surface area contributed by atoms with Gasteiger partial charge in [0.05, 0.1) is 17.6 Å². The third-order valence-corrected chi connectivity index (χ3v) is 6.82. The van der Waals surface area contributed by atoms with Gasteiger partial charge in [0.1, 0.15) is 6.10 Å². The maximum absolute atomic E-state index is 12.7. The Hall–Kier alpha value is -3.11. The lowest BCUT2D eigenvalue weighted by atomic mass is 10.1. The lowest BCUT2D eigenvalue weighted by molar-refractivity contribution is -0.128. The van der Waals surface area contributed by atoms with Crippen molar-refractivity contribution in [1.82, 2.24) is 4.98 Å². The molecule has 0 bridgehead atoms. The molecule has 1 aliphatic heterocycles. The fourth-order valence-electron chi connectivity index (χ4n) is 3.08. The van der Waals surface area contributed by atoms with E-state index in [2.05, 4.69) is 10.3 Å². The highest BCUT2D eigenvalue weighted by Gasteiger charge is 2.34. The maximum Gasteiger partial charge on any atom is 0.271 e. The highest BCUT2D eigenvalue weighted by molar-refractivity contribution is 7.92. The summed E-state index contributed by atoms with van der Waals surface area (Å²) in [5.41, 5.74) is 2.04. The van der Waals surface area contributed by atoms with Crippen LogP contribution in [0.1, 0.15) is 6.92 Å². The van der Waals surface area contributed by atoms with Crippen LogP contribution in [0.15, 0.2) is 53.9 Å². The Labute approximate surface area is 184 Å². The quantitative estimate of drug-likeness (QED) is 0.628. The lowest BCUT2D eigenvalue weighted by Gasteiger charge is -2.30. The molecular weight excluding hydrogens is 438 g/mol. The van der Waals surface area contributed by atoms with Crippen LogP contribution in [-0.2, 0) is 14.8 Å². The molecule has 1 aliphatic rings. The number of nitrogens with one attached hydrogen (secondary N) is 1. The molecule has 1 N–H and O–H groups in total. The zero-order valence-corrected chi connectivity index (χ0v) is 18.7. The number of benzene rings is 2. The van der Waals surface area contributed by atoms with Crippen LogP contribution in [-0.4, -0.2) is 44.8 Å². The van der Waals surface area contributed by atoms with Crippen LogP contribution in [0.25, 0.3) is 11.3 Å². The Morgan fingerprint density at radius 2 is 1.74 bits per heavy atom. The third kappa shape index (κ3) is 4.49. The number of anilines is 2. The summed E-state index contributed by atoms with van der Waals surface area (Å²) >= 11 is 1.29. The molecule has 1 aromatic heterocycles. The van der Waals surface area contributed by atoms with Crippen LogP contribution in [0.2, 0.25) is 0 Å². The van der Waals surface area contributed by atoms with Gasteiger partial charge in [0.2, 0.25) is 16.1 Å². The van der Waals surface area contributed by atoms with E-state index in [4.69, 9.17) is 9.47 Å². The van der Waals surface area contributed by atoms with Crippen LogP contribution in [0.3, 0.4) is 0 Å². The number of carbonyl (C=O) groups excluding carboxylic acids is 1. The summed E-state index contributed by atoms with van der Waals surface area (Å²) in [6.07, 6.45) is -0.0987. The summed E-state index contributed by atoms with van der Waals surface area (Å²) in [6.45, 7) is 1.78.